The van der Waals surface area contributed by atoms with Gasteiger partial charge in [-0.05, 0) is 36.8 Å². The Balaban J connectivity index is 2.35. The summed E-state index contributed by atoms with van der Waals surface area (Å²) in [4.78, 5) is 11.8. The third kappa shape index (κ3) is 2.59. The molecule has 0 aromatic heterocycles. The van der Waals surface area contributed by atoms with E-state index in [1.807, 2.05) is 5.32 Å². The van der Waals surface area contributed by atoms with Crippen LogP contribution >= 0.6 is 0 Å². The maximum absolute atomic E-state index is 13.7. The van der Waals surface area contributed by atoms with Crippen LogP contribution in [0.3, 0.4) is 0 Å². The fourth-order valence-electron chi connectivity index (χ4n) is 1.67. The van der Waals surface area contributed by atoms with E-state index in [-0.39, 0.29) is 16.8 Å². The highest BCUT2D eigenvalue weighted by Gasteiger charge is 2.17. The van der Waals surface area contributed by atoms with Gasteiger partial charge >= 0.3 is 0 Å². The summed E-state index contributed by atoms with van der Waals surface area (Å²) >= 11 is 0. The highest BCUT2D eigenvalue weighted by molar-refractivity contribution is 6.04. The zero-order valence-electron chi connectivity index (χ0n) is 10.5. The Morgan fingerprint density at radius 1 is 1.10 bits per heavy atom. The van der Waals surface area contributed by atoms with Crippen LogP contribution in [0.25, 0.3) is 0 Å². The van der Waals surface area contributed by atoms with E-state index in [2.05, 4.69) is 0 Å². The van der Waals surface area contributed by atoms with E-state index < -0.39 is 29.0 Å². The van der Waals surface area contributed by atoms with E-state index in [1.54, 1.807) is 0 Å². The number of carbonyl (C=O) groups is 1. The predicted octanol–water partition coefficient (Wildman–Crippen LogP) is 3.25. The largest absolute Gasteiger partial charge is 0.399 e. The van der Waals surface area contributed by atoms with Crippen molar-refractivity contribution in [1.82, 2.24) is 0 Å². The van der Waals surface area contributed by atoms with Gasteiger partial charge in [-0.2, -0.15) is 0 Å². The number of aryl methyl sites for hydroxylation is 1. The van der Waals surface area contributed by atoms with Gasteiger partial charge in [0.2, 0.25) is 0 Å². The Bertz CT molecular complexity index is 686. The summed E-state index contributed by atoms with van der Waals surface area (Å²) in [6.45, 7) is 1.42. The molecule has 0 atom stereocenters. The second-order valence-electron chi connectivity index (χ2n) is 4.25. The highest BCUT2D eigenvalue weighted by atomic mass is 19.1. The molecule has 3 nitrogen and oxygen atoms in total. The second-order valence-corrected chi connectivity index (χ2v) is 4.25. The van der Waals surface area contributed by atoms with Gasteiger partial charge in [-0.15, -0.1) is 0 Å². The van der Waals surface area contributed by atoms with Gasteiger partial charge in [-0.3, -0.25) is 4.79 Å². The molecule has 0 fully saturated rings. The zero-order valence-corrected chi connectivity index (χ0v) is 10.5. The maximum atomic E-state index is 13.7. The molecule has 0 radical (unpaired) electrons. The fourth-order valence-corrected chi connectivity index (χ4v) is 1.67. The first-order valence-corrected chi connectivity index (χ1v) is 5.71. The average molecular weight is 280 g/mol. The van der Waals surface area contributed by atoms with Gasteiger partial charge in [0, 0.05) is 5.69 Å². The van der Waals surface area contributed by atoms with Crippen molar-refractivity contribution in [2.24, 2.45) is 0 Å². The lowest BCUT2D eigenvalue weighted by Gasteiger charge is -2.10. The van der Waals surface area contributed by atoms with Crippen molar-refractivity contribution < 1.29 is 18.0 Å². The third-order valence-corrected chi connectivity index (χ3v) is 2.76. The molecule has 0 aliphatic carbocycles. The molecule has 2 aromatic rings. The standard InChI is InChI=1S/C14H11F3N2O/c1-7-2-5-10(15)13(12(7)17)19-14(20)9-4-3-8(18)6-11(9)16/h2-6H,18H2,1H3,(H,19,20). The Morgan fingerprint density at radius 2 is 1.80 bits per heavy atom. The molecule has 0 heterocycles. The summed E-state index contributed by atoms with van der Waals surface area (Å²) in [5, 5.41) is 2.03. The number of hydrogen-bond acceptors (Lipinski definition) is 2. The zero-order chi connectivity index (χ0) is 14.9. The molecule has 2 rings (SSSR count). The number of rotatable bonds is 2. The van der Waals surface area contributed by atoms with Crippen molar-refractivity contribution in [3.63, 3.8) is 0 Å². The summed E-state index contributed by atoms with van der Waals surface area (Å²) in [6.07, 6.45) is 0. The molecule has 0 spiro atoms. The number of benzene rings is 2. The SMILES string of the molecule is Cc1ccc(F)c(NC(=O)c2ccc(N)cc2F)c1F. The smallest absolute Gasteiger partial charge is 0.258 e. The van der Waals surface area contributed by atoms with Crippen LogP contribution in [0.4, 0.5) is 24.5 Å². The minimum Gasteiger partial charge on any atom is -0.399 e. The third-order valence-electron chi connectivity index (χ3n) is 2.76. The number of amides is 1. The molecule has 3 N–H and O–H groups in total. The van der Waals surface area contributed by atoms with Crippen LogP contribution in [0.5, 0.6) is 0 Å². The summed E-state index contributed by atoms with van der Waals surface area (Å²) in [7, 11) is 0. The van der Waals surface area contributed by atoms with Crippen LogP contribution in [-0.4, -0.2) is 5.91 Å². The molecular weight excluding hydrogens is 269 g/mol. The second kappa shape index (κ2) is 5.24. The van der Waals surface area contributed by atoms with Crippen molar-refractivity contribution in [2.75, 3.05) is 11.1 Å². The maximum Gasteiger partial charge on any atom is 0.258 e. The van der Waals surface area contributed by atoms with Crippen LogP contribution in [0.1, 0.15) is 15.9 Å². The number of anilines is 2. The van der Waals surface area contributed by atoms with Gasteiger partial charge in [0.15, 0.2) is 5.82 Å². The Morgan fingerprint density at radius 3 is 2.45 bits per heavy atom. The molecule has 0 saturated heterocycles. The van der Waals surface area contributed by atoms with Crippen molar-refractivity contribution >= 4 is 17.3 Å². The van der Waals surface area contributed by atoms with Gasteiger partial charge in [0.1, 0.15) is 17.3 Å². The number of halogens is 3. The van der Waals surface area contributed by atoms with E-state index in [0.717, 1.165) is 18.2 Å². The summed E-state index contributed by atoms with van der Waals surface area (Å²) < 4.78 is 40.8. The van der Waals surface area contributed by atoms with E-state index >= 15 is 0 Å². The van der Waals surface area contributed by atoms with Gasteiger partial charge in [-0.1, -0.05) is 6.07 Å². The minimum absolute atomic E-state index is 0.145. The minimum atomic E-state index is -0.953. The number of nitrogens with one attached hydrogen (secondary N) is 1. The molecule has 1 amide bonds. The van der Waals surface area contributed by atoms with Crippen LogP contribution < -0.4 is 11.1 Å². The Kier molecular flexibility index (Phi) is 3.65. The van der Waals surface area contributed by atoms with Gasteiger partial charge < -0.3 is 11.1 Å². The highest BCUT2D eigenvalue weighted by Crippen LogP contribution is 2.23. The first-order valence-electron chi connectivity index (χ1n) is 5.71. The quantitative estimate of drug-likeness (QED) is 0.830. The summed E-state index contributed by atoms with van der Waals surface area (Å²) in [6, 6.07) is 5.68. The summed E-state index contributed by atoms with van der Waals surface area (Å²) in [5.41, 5.74) is 4.72. The van der Waals surface area contributed by atoms with E-state index in [9.17, 15) is 18.0 Å². The van der Waals surface area contributed by atoms with Crippen molar-refractivity contribution in [2.45, 2.75) is 6.92 Å². The van der Waals surface area contributed by atoms with Crippen LogP contribution in [0.15, 0.2) is 30.3 Å². The molecule has 0 saturated carbocycles. The average Bonchev–Trinajstić information content (AvgIpc) is 2.39. The van der Waals surface area contributed by atoms with Crippen molar-refractivity contribution in [1.29, 1.82) is 0 Å². The molecule has 20 heavy (non-hydrogen) atoms. The predicted molar refractivity (Wildman–Crippen MR) is 69.9 cm³/mol. The molecule has 104 valence electrons. The van der Waals surface area contributed by atoms with Crippen molar-refractivity contribution in [3.05, 3.63) is 58.9 Å². The van der Waals surface area contributed by atoms with Crippen LogP contribution in [-0.2, 0) is 0 Å². The molecule has 0 aliphatic heterocycles. The summed E-state index contributed by atoms with van der Waals surface area (Å²) in [5.74, 6) is -3.65. The first kappa shape index (κ1) is 13.9. The fraction of sp³-hybridized carbons (Fsp3) is 0.0714. The van der Waals surface area contributed by atoms with E-state index in [1.165, 1.54) is 19.1 Å². The topological polar surface area (TPSA) is 55.1 Å². The van der Waals surface area contributed by atoms with Gasteiger partial charge in [-0.25, -0.2) is 13.2 Å². The lowest BCUT2D eigenvalue weighted by Crippen LogP contribution is -2.16. The Labute approximate surface area is 113 Å². The van der Waals surface area contributed by atoms with E-state index in [4.69, 9.17) is 5.73 Å². The number of nitrogens with two attached hydrogens (primary N) is 1. The van der Waals surface area contributed by atoms with E-state index in [0.29, 0.717) is 0 Å². The normalized spacial score (nSPS) is 10.4. The number of nitrogen functional groups attached to an aromatic ring is 1. The number of carbonyl (C=O) groups excluding carboxylic acids is 1. The molecule has 2 aromatic carbocycles. The molecule has 0 unspecified atom stereocenters. The first-order chi connectivity index (χ1) is 9.40. The molecule has 0 bridgehead atoms. The lowest BCUT2D eigenvalue weighted by molar-refractivity contribution is 0.102. The van der Waals surface area contributed by atoms with Crippen LogP contribution in [0.2, 0.25) is 0 Å². The lowest BCUT2D eigenvalue weighted by atomic mass is 10.1. The van der Waals surface area contributed by atoms with Gasteiger partial charge in [0.05, 0.1) is 5.56 Å². The van der Waals surface area contributed by atoms with Gasteiger partial charge in [0.25, 0.3) is 5.91 Å². The molecule has 6 heteroatoms. The molecular formula is C14H11F3N2O. The number of hydrogen-bond donors (Lipinski definition) is 2. The Hall–Kier alpha value is -2.50. The van der Waals surface area contributed by atoms with Crippen LogP contribution in [0, 0.1) is 24.4 Å². The van der Waals surface area contributed by atoms with Crippen molar-refractivity contribution in [3.8, 4) is 0 Å². The monoisotopic (exact) mass is 280 g/mol. The molecule has 0 aliphatic rings.